The second-order valence-corrected chi connectivity index (χ2v) is 10.9. The minimum Gasteiger partial charge on any atom is -0.385 e. The summed E-state index contributed by atoms with van der Waals surface area (Å²) in [6.45, 7) is 4.69. The van der Waals surface area contributed by atoms with Crippen molar-refractivity contribution >= 4 is 24.8 Å². The molecule has 0 aliphatic carbocycles. The number of rotatable bonds is 4. The van der Waals surface area contributed by atoms with Crippen molar-refractivity contribution in [3.8, 4) is 0 Å². The molecule has 0 spiro atoms. The van der Waals surface area contributed by atoms with Crippen molar-refractivity contribution in [2.45, 2.75) is 63.1 Å². The molecule has 6 atom stereocenters. The average Bonchev–Trinajstić information content (AvgIpc) is 3.27. The molecule has 0 bridgehead atoms. The Kier molecular flexibility index (Phi) is 5.72. The van der Waals surface area contributed by atoms with Crippen LogP contribution in [0.5, 0.6) is 0 Å². The second-order valence-electron chi connectivity index (χ2n) is 9.37. The van der Waals surface area contributed by atoms with E-state index in [1.807, 2.05) is 0 Å². The van der Waals surface area contributed by atoms with E-state index >= 15 is 0 Å². The molecule has 2 fully saturated rings. The fraction of sp³-hybridized carbons (Fsp3) is 0.476. The lowest BCUT2D eigenvalue weighted by Gasteiger charge is -2.39. The lowest BCUT2D eigenvalue weighted by molar-refractivity contribution is -0.156. The quantitative estimate of drug-likeness (QED) is 0.443. The van der Waals surface area contributed by atoms with E-state index in [0.29, 0.717) is 5.56 Å². The summed E-state index contributed by atoms with van der Waals surface area (Å²) in [7, 11) is -4.36. The van der Waals surface area contributed by atoms with Gasteiger partial charge in [0.2, 0.25) is 6.29 Å². The van der Waals surface area contributed by atoms with Gasteiger partial charge in [0.05, 0.1) is 18.0 Å². The molecule has 0 saturated carbocycles. The molecule has 188 valence electrons. The van der Waals surface area contributed by atoms with E-state index in [-0.39, 0.29) is 23.4 Å². The highest BCUT2D eigenvalue weighted by Crippen LogP contribution is 2.63. The first-order valence-corrected chi connectivity index (χ1v) is 12.3. The van der Waals surface area contributed by atoms with Crippen molar-refractivity contribution in [3.63, 3.8) is 0 Å². The first kappa shape index (κ1) is 24.2. The SMILES string of the molecule is CC1(C)CC(c2cccc(F)c2)OP(=O)(OC2O[C@@H](n3cnc4c(N)ncnc43)[C@](C)(O)[C@@H]2O)O1. The van der Waals surface area contributed by atoms with Crippen LogP contribution in [0.15, 0.2) is 36.9 Å². The second kappa shape index (κ2) is 8.27. The molecule has 0 radical (unpaired) electrons. The maximum Gasteiger partial charge on any atom is 0.478 e. The largest absolute Gasteiger partial charge is 0.478 e. The monoisotopic (exact) mass is 509 g/mol. The number of hydrogen-bond donors (Lipinski definition) is 3. The van der Waals surface area contributed by atoms with Gasteiger partial charge >= 0.3 is 7.82 Å². The highest BCUT2D eigenvalue weighted by atomic mass is 31.2. The number of nitrogens with two attached hydrogens (primary N) is 1. The van der Waals surface area contributed by atoms with E-state index in [9.17, 15) is 19.2 Å². The minimum atomic E-state index is -4.36. The molecule has 2 aliphatic rings. The number of halogens is 1. The van der Waals surface area contributed by atoms with E-state index in [1.165, 1.54) is 42.3 Å². The molecule has 3 unspecified atom stereocenters. The summed E-state index contributed by atoms with van der Waals surface area (Å²) < 4.78 is 51.4. The first-order chi connectivity index (χ1) is 16.4. The summed E-state index contributed by atoms with van der Waals surface area (Å²) >= 11 is 0. The molecule has 2 aromatic heterocycles. The van der Waals surface area contributed by atoms with Gasteiger partial charge in [-0.25, -0.2) is 23.9 Å². The van der Waals surface area contributed by atoms with Gasteiger partial charge in [-0.3, -0.25) is 18.1 Å². The molecular weight excluding hydrogens is 484 g/mol. The van der Waals surface area contributed by atoms with Crippen molar-refractivity contribution in [1.29, 1.82) is 0 Å². The fourth-order valence-electron chi connectivity index (χ4n) is 4.29. The molecule has 3 aromatic rings. The van der Waals surface area contributed by atoms with Gasteiger partial charge in [0.1, 0.15) is 29.4 Å². The van der Waals surface area contributed by atoms with Crippen LogP contribution in [0.4, 0.5) is 10.2 Å². The van der Waals surface area contributed by atoms with Crippen molar-refractivity contribution in [1.82, 2.24) is 19.5 Å². The summed E-state index contributed by atoms with van der Waals surface area (Å²) in [5, 5.41) is 21.9. The van der Waals surface area contributed by atoms with Crippen molar-refractivity contribution in [3.05, 3.63) is 48.3 Å². The zero-order valence-corrected chi connectivity index (χ0v) is 20.0. The number of aliphatic hydroxyl groups is 2. The van der Waals surface area contributed by atoms with Gasteiger partial charge in [0, 0.05) is 6.42 Å². The predicted octanol–water partition coefficient (Wildman–Crippen LogP) is 2.60. The minimum absolute atomic E-state index is 0.124. The van der Waals surface area contributed by atoms with Gasteiger partial charge in [-0.2, -0.15) is 0 Å². The van der Waals surface area contributed by atoms with Crippen molar-refractivity contribution in [2.75, 3.05) is 5.73 Å². The van der Waals surface area contributed by atoms with E-state index in [4.69, 9.17) is 24.0 Å². The van der Waals surface area contributed by atoms with Crippen LogP contribution in [-0.2, 0) is 22.9 Å². The number of aliphatic hydroxyl groups excluding tert-OH is 1. The van der Waals surface area contributed by atoms with Crippen LogP contribution < -0.4 is 5.73 Å². The number of anilines is 1. The van der Waals surface area contributed by atoms with Crippen LogP contribution in [0, 0.1) is 5.82 Å². The third kappa shape index (κ3) is 4.33. The summed E-state index contributed by atoms with van der Waals surface area (Å²) in [6, 6.07) is 5.71. The number of ether oxygens (including phenoxy) is 1. The number of nitrogens with zero attached hydrogens (tertiary/aromatic N) is 4. The van der Waals surface area contributed by atoms with Crippen LogP contribution in [0.1, 0.15) is 45.1 Å². The van der Waals surface area contributed by atoms with Crippen LogP contribution in [-0.4, -0.2) is 53.3 Å². The molecule has 2 saturated heterocycles. The Morgan fingerprint density at radius 1 is 1.29 bits per heavy atom. The maximum atomic E-state index is 13.8. The normalized spacial score (nSPS) is 34.9. The zero-order chi connectivity index (χ0) is 25.2. The molecule has 4 heterocycles. The van der Waals surface area contributed by atoms with Crippen LogP contribution in [0.2, 0.25) is 0 Å². The van der Waals surface area contributed by atoms with Crippen LogP contribution in [0.3, 0.4) is 0 Å². The Morgan fingerprint density at radius 3 is 2.80 bits per heavy atom. The summed E-state index contributed by atoms with van der Waals surface area (Å²) in [6.07, 6.45) is -2.53. The lowest BCUT2D eigenvalue weighted by atomic mass is 9.96. The molecular formula is C21H25FN5O7P. The Morgan fingerprint density at radius 2 is 2.06 bits per heavy atom. The van der Waals surface area contributed by atoms with Gasteiger partial charge in [-0.05, 0) is 38.5 Å². The first-order valence-electron chi connectivity index (χ1n) is 10.8. The maximum absolute atomic E-state index is 13.8. The third-order valence-corrected chi connectivity index (χ3v) is 7.70. The number of phosphoric ester groups is 1. The van der Waals surface area contributed by atoms with Gasteiger partial charge < -0.3 is 20.7 Å². The number of hydrogen-bond acceptors (Lipinski definition) is 11. The Bertz CT molecular complexity index is 1320. The van der Waals surface area contributed by atoms with Crippen molar-refractivity contribution in [2.24, 2.45) is 0 Å². The summed E-state index contributed by atoms with van der Waals surface area (Å²) in [5.41, 5.74) is 3.90. The Labute approximate surface area is 199 Å². The molecule has 5 rings (SSSR count). The summed E-state index contributed by atoms with van der Waals surface area (Å²) in [4.78, 5) is 12.1. The smallest absolute Gasteiger partial charge is 0.385 e. The fourth-order valence-corrected chi connectivity index (χ4v) is 6.04. The lowest BCUT2D eigenvalue weighted by Crippen LogP contribution is -2.44. The number of fused-ring (bicyclic) bond motifs is 1. The Hall–Kier alpha value is -2.51. The number of nitrogen functional groups attached to an aromatic ring is 1. The molecule has 35 heavy (non-hydrogen) atoms. The van der Waals surface area contributed by atoms with Crippen LogP contribution >= 0.6 is 7.82 Å². The van der Waals surface area contributed by atoms with Gasteiger partial charge in [-0.1, -0.05) is 12.1 Å². The topological polar surface area (TPSA) is 164 Å². The number of benzene rings is 1. The van der Waals surface area contributed by atoms with E-state index in [1.54, 1.807) is 19.9 Å². The predicted molar refractivity (Wildman–Crippen MR) is 119 cm³/mol. The molecule has 12 nitrogen and oxygen atoms in total. The molecule has 0 amide bonds. The summed E-state index contributed by atoms with van der Waals surface area (Å²) in [5.74, 6) is -0.351. The molecule has 2 aliphatic heterocycles. The number of aromatic nitrogens is 4. The average molecular weight is 509 g/mol. The molecule has 4 N–H and O–H groups in total. The van der Waals surface area contributed by atoms with Crippen LogP contribution in [0.25, 0.3) is 11.2 Å². The molecule has 14 heteroatoms. The standard InChI is InChI=1S/C21H25FN5O7P/c1-20(2)8-13(11-5-4-6-12(22)7-11)32-35(30,34-20)33-18-15(28)21(3,29)19(31-18)27-10-26-14-16(23)24-9-25-17(14)27/h4-7,9-10,13,15,18-19,28-29H,8H2,1-3H3,(H2,23,24,25)/t13?,15-,18?,19-,21-,35?/m1/s1. The third-order valence-electron chi connectivity index (χ3n) is 6.00. The van der Waals surface area contributed by atoms with Gasteiger partial charge in [-0.15, -0.1) is 0 Å². The zero-order valence-electron chi connectivity index (χ0n) is 19.1. The highest BCUT2D eigenvalue weighted by Gasteiger charge is 2.58. The molecule has 1 aromatic carbocycles. The van der Waals surface area contributed by atoms with E-state index in [0.717, 1.165) is 0 Å². The van der Waals surface area contributed by atoms with Crippen molar-refractivity contribution < 1.29 is 37.5 Å². The highest BCUT2D eigenvalue weighted by molar-refractivity contribution is 7.48. The van der Waals surface area contributed by atoms with Gasteiger partial charge in [0.25, 0.3) is 0 Å². The van der Waals surface area contributed by atoms with E-state index < -0.39 is 49.6 Å². The van der Waals surface area contributed by atoms with Gasteiger partial charge in [0.15, 0.2) is 17.7 Å². The number of phosphoric acid groups is 1. The van der Waals surface area contributed by atoms with E-state index in [2.05, 4.69) is 15.0 Å². The Balaban J connectivity index is 1.43. The number of imidazole rings is 1.